The van der Waals surface area contributed by atoms with Crippen molar-refractivity contribution >= 4 is 22.4 Å². The fourth-order valence-electron chi connectivity index (χ4n) is 5.69. The lowest BCUT2D eigenvalue weighted by atomic mass is 9.96. The topological polar surface area (TPSA) is 77.8 Å². The summed E-state index contributed by atoms with van der Waals surface area (Å²) in [7, 11) is 0. The SMILES string of the molecule is C=C(c1nnc(-c2ccc(-c3ccc(-c4nnc(-c5cccc6ccccc56)o4)c(C)c3)cc2C)o1)c1ccccc1/C=C\C. The van der Waals surface area contributed by atoms with E-state index in [9.17, 15) is 0 Å². The first-order chi connectivity index (χ1) is 22.0. The normalized spacial score (nSPS) is 11.4. The zero-order valence-corrected chi connectivity index (χ0v) is 25.3. The van der Waals surface area contributed by atoms with Crippen LogP contribution >= 0.6 is 0 Å². The van der Waals surface area contributed by atoms with E-state index in [2.05, 4.69) is 76.4 Å². The molecule has 0 unspecified atom stereocenters. The maximum Gasteiger partial charge on any atom is 0.248 e. The van der Waals surface area contributed by atoms with E-state index in [1.54, 1.807) is 0 Å². The van der Waals surface area contributed by atoms with Crippen LogP contribution in [0.1, 0.15) is 35.1 Å². The zero-order chi connectivity index (χ0) is 30.9. The molecule has 0 N–H and O–H groups in total. The van der Waals surface area contributed by atoms with E-state index in [0.29, 0.717) is 29.1 Å². The fraction of sp³-hybridized carbons (Fsp3) is 0.0769. The second kappa shape index (κ2) is 11.7. The predicted molar refractivity (Wildman–Crippen MR) is 180 cm³/mol. The van der Waals surface area contributed by atoms with E-state index in [1.165, 1.54) is 0 Å². The molecule has 5 aromatic carbocycles. The lowest BCUT2D eigenvalue weighted by Crippen LogP contribution is -1.90. The van der Waals surface area contributed by atoms with Crippen LogP contribution in [0.15, 0.2) is 125 Å². The molecule has 0 atom stereocenters. The van der Waals surface area contributed by atoms with Crippen LogP contribution < -0.4 is 0 Å². The number of fused-ring (bicyclic) bond motifs is 1. The summed E-state index contributed by atoms with van der Waals surface area (Å²) in [5.41, 5.74) is 9.65. The van der Waals surface area contributed by atoms with E-state index in [4.69, 9.17) is 8.83 Å². The number of rotatable bonds is 7. The minimum atomic E-state index is 0.404. The van der Waals surface area contributed by atoms with Gasteiger partial charge in [0.25, 0.3) is 0 Å². The molecule has 0 amide bonds. The van der Waals surface area contributed by atoms with Crippen molar-refractivity contribution in [1.82, 2.24) is 20.4 Å². The molecule has 218 valence electrons. The first-order valence-corrected chi connectivity index (χ1v) is 14.8. The first-order valence-electron chi connectivity index (χ1n) is 14.8. The smallest absolute Gasteiger partial charge is 0.248 e. The average molecular weight is 587 g/mol. The molecule has 0 radical (unpaired) electrons. The van der Waals surface area contributed by atoms with Crippen molar-refractivity contribution in [3.63, 3.8) is 0 Å². The number of hydrogen-bond donors (Lipinski definition) is 0. The van der Waals surface area contributed by atoms with E-state index >= 15 is 0 Å². The summed E-state index contributed by atoms with van der Waals surface area (Å²) in [5.74, 6) is 1.87. The number of aryl methyl sites for hydroxylation is 2. The number of aromatic nitrogens is 4. The summed E-state index contributed by atoms with van der Waals surface area (Å²) in [6.07, 6.45) is 4.04. The molecule has 0 aliphatic rings. The van der Waals surface area contributed by atoms with Crippen molar-refractivity contribution in [2.45, 2.75) is 20.8 Å². The van der Waals surface area contributed by atoms with E-state index < -0.39 is 0 Å². The van der Waals surface area contributed by atoms with Crippen molar-refractivity contribution in [2.75, 3.05) is 0 Å². The Hall–Kier alpha value is -5.88. The van der Waals surface area contributed by atoms with Crippen LogP contribution in [0, 0.1) is 13.8 Å². The second-order valence-electron chi connectivity index (χ2n) is 11.0. The quantitative estimate of drug-likeness (QED) is 0.185. The average Bonchev–Trinajstić information content (AvgIpc) is 3.76. The Bertz CT molecular complexity index is 2230. The molecule has 7 rings (SSSR count). The van der Waals surface area contributed by atoms with Crippen molar-refractivity contribution in [1.29, 1.82) is 0 Å². The van der Waals surface area contributed by atoms with Gasteiger partial charge in [0.1, 0.15) is 0 Å². The molecule has 0 aliphatic heterocycles. The van der Waals surface area contributed by atoms with Crippen molar-refractivity contribution in [2.24, 2.45) is 0 Å². The Morgan fingerprint density at radius 2 is 1.22 bits per heavy atom. The highest BCUT2D eigenvalue weighted by atomic mass is 16.4. The van der Waals surface area contributed by atoms with Gasteiger partial charge in [-0.2, -0.15) is 0 Å². The third-order valence-corrected chi connectivity index (χ3v) is 8.01. The molecular formula is C39H30N4O2. The summed E-state index contributed by atoms with van der Waals surface area (Å²) in [4.78, 5) is 0. The summed E-state index contributed by atoms with van der Waals surface area (Å²) in [5, 5.41) is 19.7. The first kappa shape index (κ1) is 27.9. The minimum Gasteiger partial charge on any atom is -0.416 e. The van der Waals surface area contributed by atoms with Crippen LogP contribution in [-0.4, -0.2) is 20.4 Å². The van der Waals surface area contributed by atoms with Crippen LogP contribution in [0.2, 0.25) is 0 Å². The van der Waals surface area contributed by atoms with Gasteiger partial charge in [-0.25, -0.2) is 0 Å². The van der Waals surface area contributed by atoms with Gasteiger partial charge in [-0.15, -0.1) is 20.4 Å². The van der Waals surface area contributed by atoms with E-state index in [1.807, 2.05) is 86.7 Å². The lowest BCUT2D eigenvalue weighted by Gasteiger charge is -2.09. The molecule has 45 heavy (non-hydrogen) atoms. The monoisotopic (exact) mass is 586 g/mol. The predicted octanol–water partition coefficient (Wildman–Crippen LogP) is 9.99. The molecule has 6 nitrogen and oxygen atoms in total. The number of benzene rings is 5. The zero-order valence-electron chi connectivity index (χ0n) is 25.3. The second-order valence-corrected chi connectivity index (χ2v) is 11.0. The van der Waals surface area contributed by atoms with Crippen LogP contribution in [-0.2, 0) is 0 Å². The number of hydrogen-bond acceptors (Lipinski definition) is 6. The molecule has 0 aliphatic carbocycles. The fourth-order valence-corrected chi connectivity index (χ4v) is 5.69. The van der Waals surface area contributed by atoms with E-state index in [-0.39, 0.29) is 0 Å². The van der Waals surface area contributed by atoms with E-state index in [0.717, 1.165) is 60.8 Å². The summed E-state index contributed by atoms with van der Waals surface area (Å²) < 4.78 is 12.3. The molecule has 7 aromatic rings. The molecule has 0 bridgehead atoms. The Morgan fingerprint density at radius 1 is 0.622 bits per heavy atom. The molecule has 6 heteroatoms. The number of allylic oxidation sites excluding steroid dienone is 1. The number of nitrogens with zero attached hydrogens (tertiary/aromatic N) is 4. The van der Waals surface area contributed by atoms with Crippen molar-refractivity contribution in [3.8, 4) is 45.5 Å². The van der Waals surface area contributed by atoms with Crippen molar-refractivity contribution < 1.29 is 8.83 Å². The van der Waals surface area contributed by atoms with Gasteiger partial charge in [-0.1, -0.05) is 104 Å². The van der Waals surface area contributed by atoms with Gasteiger partial charge in [-0.05, 0) is 83.1 Å². The summed E-state index contributed by atoms with van der Waals surface area (Å²) >= 11 is 0. The molecular weight excluding hydrogens is 556 g/mol. The Balaban J connectivity index is 1.13. The van der Waals surface area contributed by atoms with Gasteiger partial charge in [0.15, 0.2) is 0 Å². The highest BCUT2D eigenvalue weighted by molar-refractivity contribution is 5.94. The highest BCUT2D eigenvalue weighted by Gasteiger charge is 2.18. The van der Waals surface area contributed by atoms with Gasteiger partial charge < -0.3 is 8.83 Å². The van der Waals surface area contributed by atoms with Gasteiger partial charge in [-0.3, -0.25) is 0 Å². The van der Waals surface area contributed by atoms with Crippen LogP contribution in [0.5, 0.6) is 0 Å². The van der Waals surface area contributed by atoms with Gasteiger partial charge in [0.05, 0.1) is 0 Å². The molecule has 0 fully saturated rings. The summed E-state index contributed by atoms with van der Waals surface area (Å²) in [6.45, 7) is 10.3. The van der Waals surface area contributed by atoms with Gasteiger partial charge in [0.2, 0.25) is 23.6 Å². The maximum atomic E-state index is 6.18. The van der Waals surface area contributed by atoms with Crippen LogP contribution in [0.3, 0.4) is 0 Å². The van der Waals surface area contributed by atoms with Crippen molar-refractivity contribution in [3.05, 3.63) is 144 Å². The molecule has 0 saturated carbocycles. The maximum absolute atomic E-state index is 6.18. The van der Waals surface area contributed by atoms with Crippen LogP contribution in [0.4, 0.5) is 0 Å². The molecule has 2 heterocycles. The highest BCUT2D eigenvalue weighted by Crippen LogP contribution is 2.34. The standard InChI is InChI=1S/C39H30N4O2/c1-5-11-27-12-6-8-15-33(27)26(4)36-40-41-37(44-36)31-20-18-29(22-24(31)2)30-19-21-32(25(3)23-30)38-42-43-39(45-38)35-17-10-14-28-13-7-9-16-34(28)35/h5-23H,4H2,1-3H3/b11-5-. The molecule has 0 saturated heterocycles. The minimum absolute atomic E-state index is 0.404. The molecule has 2 aromatic heterocycles. The lowest BCUT2D eigenvalue weighted by molar-refractivity contribution is 0.554. The Labute approximate surface area is 261 Å². The summed E-state index contributed by atoms with van der Waals surface area (Å²) in [6, 6.07) is 34.8. The third kappa shape index (κ3) is 5.27. The van der Waals surface area contributed by atoms with Gasteiger partial charge >= 0.3 is 0 Å². The van der Waals surface area contributed by atoms with Gasteiger partial charge in [0, 0.05) is 22.3 Å². The Morgan fingerprint density at radius 3 is 1.93 bits per heavy atom. The third-order valence-electron chi connectivity index (χ3n) is 8.01. The largest absolute Gasteiger partial charge is 0.416 e. The van der Waals surface area contributed by atoms with Crippen LogP contribution in [0.25, 0.3) is 67.9 Å². The Kier molecular flexibility index (Phi) is 7.23. The molecule has 0 spiro atoms.